The quantitative estimate of drug-likeness (QED) is 0.551. The third kappa shape index (κ3) is 4.27. The Hall–Kier alpha value is -0.660. The van der Waals surface area contributed by atoms with Crippen LogP contribution in [0.3, 0.4) is 0 Å². The minimum Gasteiger partial charge on any atom is -0.298 e. The summed E-state index contributed by atoms with van der Waals surface area (Å²) in [5.74, 6) is 0. The maximum Gasteiger partial charge on any atom is 0.373 e. The van der Waals surface area contributed by atoms with Gasteiger partial charge in [0.2, 0.25) is 0 Å². The first kappa shape index (κ1) is 11.3. The van der Waals surface area contributed by atoms with Gasteiger partial charge in [-0.3, -0.25) is 4.90 Å². The van der Waals surface area contributed by atoms with E-state index in [9.17, 15) is 0 Å². The van der Waals surface area contributed by atoms with Gasteiger partial charge in [-0.25, -0.2) is 0 Å². The van der Waals surface area contributed by atoms with Gasteiger partial charge in [-0.2, -0.15) is 9.59 Å². The summed E-state index contributed by atoms with van der Waals surface area (Å²) >= 11 is 0. The van der Waals surface area contributed by atoms with Gasteiger partial charge in [0.15, 0.2) is 0 Å². The van der Waals surface area contributed by atoms with Crippen molar-refractivity contribution in [2.75, 3.05) is 13.1 Å². The van der Waals surface area contributed by atoms with E-state index in [1.54, 1.807) is 0 Å². The van der Waals surface area contributed by atoms with Crippen LogP contribution in [-0.2, 0) is 9.59 Å². The van der Waals surface area contributed by atoms with Gasteiger partial charge in [-0.05, 0) is 46.7 Å². The number of hydrogen-bond acceptors (Lipinski definition) is 3. The van der Waals surface area contributed by atoms with Gasteiger partial charge in [-0.15, -0.1) is 0 Å². The molecule has 0 aromatic rings. The largest absolute Gasteiger partial charge is 0.373 e. The summed E-state index contributed by atoms with van der Waals surface area (Å²) in [5.41, 5.74) is 0.413. The summed E-state index contributed by atoms with van der Waals surface area (Å²) in [7, 11) is 0. The molecule has 0 bridgehead atoms. The molecular weight excluding hydrogens is 154 g/mol. The zero-order valence-electron chi connectivity index (χ0n) is 8.09. The molecule has 0 unspecified atom stereocenters. The Bertz CT molecular complexity index is 148. The molecule has 1 fully saturated rings. The third-order valence-electron chi connectivity index (χ3n) is 2.05. The van der Waals surface area contributed by atoms with Crippen molar-refractivity contribution in [3.05, 3.63) is 0 Å². The molecule has 0 saturated carbocycles. The van der Waals surface area contributed by atoms with E-state index in [4.69, 9.17) is 9.59 Å². The fourth-order valence-corrected chi connectivity index (χ4v) is 1.39. The van der Waals surface area contributed by atoms with E-state index in [0.29, 0.717) is 5.54 Å². The fraction of sp³-hybridized carbons (Fsp3) is 0.889. The maximum absolute atomic E-state index is 8.12. The number of nitrogens with zero attached hydrogens (tertiary/aromatic N) is 1. The van der Waals surface area contributed by atoms with Crippen LogP contribution in [-0.4, -0.2) is 29.7 Å². The van der Waals surface area contributed by atoms with Crippen LogP contribution in [0.15, 0.2) is 0 Å². The van der Waals surface area contributed by atoms with E-state index in [-0.39, 0.29) is 6.15 Å². The fourth-order valence-electron chi connectivity index (χ4n) is 1.39. The lowest BCUT2D eigenvalue weighted by Crippen LogP contribution is -2.38. The molecule has 1 rings (SSSR count). The van der Waals surface area contributed by atoms with Gasteiger partial charge in [0.1, 0.15) is 0 Å². The van der Waals surface area contributed by atoms with Crippen molar-refractivity contribution in [3.63, 3.8) is 0 Å². The van der Waals surface area contributed by atoms with Gasteiger partial charge in [0, 0.05) is 5.54 Å². The van der Waals surface area contributed by atoms with Crippen molar-refractivity contribution < 1.29 is 9.59 Å². The van der Waals surface area contributed by atoms with E-state index in [2.05, 4.69) is 25.7 Å². The summed E-state index contributed by atoms with van der Waals surface area (Å²) in [6.45, 7) is 9.49. The van der Waals surface area contributed by atoms with E-state index < -0.39 is 0 Å². The molecule has 0 N–H and O–H groups in total. The smallest absolute Gasteiger partial charge is 0.298 e. The third-order valence-corrected chi connectivity index (χ3v) is 2.05. The van der Waals surface area contributed by atoms with Crippen molar-refractivity contribution in [2.45, 2.75) is 39.2 Å². The zero-order valence-corrected chi connectivity index (χ0v) is 8.09. The Morgan fingerprint density at radius 1 is 1.08 bits per heavy atom. The molecule has 0 atom stereocenters. The highest BCUT2D eigenvalue weighted by atomic mass is 16.2. The number of rotatable bonds is 0. The second kappa shape index (κ2) is 5.07. The monoisotopic (exact) mass is 171 g/mol. The van der Waals surface area contributed by atoms with Crippen molar-refractivity contribution in [1.29, 1.82) is 0 Å². The highest BCUT2D eigenvalue weighted by Crippen LogP contribution is 2.19. The number of carbonyl (C=O) groups excluding carboxylic acids is 2. The van der Waals surface area contributed by atoms with E-state index in [1.165, 1.54) is 25.9 Å². The van der Waals surface area contributed by atoms with Crippen LogP contribution >= 0.6 is 0 Å². The van der Waals surface area contributed by atoms with Crippen LogP contribution in [0.2, 0.25) is 0 Å². The molecule has 3 heteroatoms. The van der Waals surface area contributed by atoms with Crippen LogP contribution in [0.1, 0.15) is 33.6 Å². The van der Waals surface area contributed by atoms with Crippen LogP contribution in [0.25, 0.3) is 0 Å². The summed E-state index contributed by atoms with van der Waals surface area (Å²) in [5, 5.41) is 0. The molecule has 12 heavy (non-hydrogen) atoms. The molecule has 0 aromatic heterocycles. The Kier molecular flexibility index (Phi) is 4.79. The molecule has 1 aliphatic rings. The van der Waals surface area contributed by atoms with Gasteiger partial charge in [0.05, 0.1) is 0 Å². The lowest BCUT2D eigenvalue weighted by molar-refractivity contribution is -0.191. The minimum atomic E-state index is 0.250. The summed E-state index contributed by atoms with van der Waals surface area (Å²) < 4.78 is 0. The van der Waals surface area contributed by atoms with Crippen molar-refractivity contribution in [2.24, 2.45) is 0 Å². The molecule has 0 aromatic carbocycles. The Morgan fingerprint density at radius 2 is 1.42 bits per heavy atom. The average Bonchev–Trinajstić information content (AvgIpc) is 2.36. The standard InChI is InChI=1S/C8H17N.CO2/c1-8(2,3)9-6-4-5-7-9;2-1-3/h4-7H2,1-3H3;. The summed E-state index contributed by atoms with van der Waals surface area (Å²) in [6, 6.07) is 0. The lowest BCUT2D eigenvalue weighted by Gasteiger charge is -2.31. The number of likely N-dealkylation sites (tertiary alicyclic amines) is 1. The molecular formula is C9H17NO2. The van der Waals surface area contributed by atoms with Crippen LogP contribution in [0.4, 0.5) is 0 Å². The van der Waals surface area contributed by atoms with Crippen LogP contribution < -0.4 is 0 Å². The molecule has 0 amide bonds. The van der Waals surface area contributed by atoms with Crippen LogP contribution in [0, 0.1) is 0 Å². The lowest BCUT2D eigenvalue weighted by atomic mass is 10.1. The molecule has 1 aliphatic heterocycles. The first-order valence-electron chi connectivity index (χ1n) is 4.26. The van der Waals surface area contributed by atoms with Gasteiger partial charge in [0.25, 0.3) is 0 Å². The van der Waals surface area contributed by atoms with Crippen molar-refractivity contribution >= 4 is 6.15 Å². The van der Waals surface area contributed by atoms with Gasteiger partial charge < -0.3 is 0 Å². The highest BCUT2D eigenvalue weighted by molar-refractivity contribution is 5.20. The maximum atomic E-state index is 8.12. The Balaban J connectivity index is 0.000000354. The van der Waals surface area contributed by atoms with Gasteiger partial charge in [-0.1, -0.05) is 0 Å². The molecule has 0 spiro atoms. The first-order valence-corrected chi connectivity index (χ1v) is 4.26. The minimum absolute atomic E-state index is 0.250. The predicted octanol–water partition coefficient (Wildman–Crippen LogP) is 1.30. The highest BCUT2D eigenvalue weighted by Gasteiger charge is 2.23. The van der Waals surface area contributed by atoms with E-state index >= 15 is 0 Å². The van der Waals surface area contributed by atoms with E-state index in [0.717, 1.165) is 0 Å². The predicted molar refractivity (Wildman–Crippen MR) is 45.6 cm³/mol. The molecule has 1 heterocycles. The Labute approximate surface area is 73.7 Å². The second-order valence-corrected chi connectivity index (χ2v) is 3.95. The van der Waals surface area contributed by atoms with Crippen LogP contribution in [0.5, 0.6) is 0 Å². The zero-order chi connectivity index (χ0) is 9.61. The molecule has 0 radical (unpaired) electrons. The SMILES string of the molecule is CC(C)(C)N1CCCC1.O=C=O. The van der Waals surface area contributed by atoms with E-state index in [1.807, 2.05) is 0 Å². The molecule has 1 saturated heterocycles. The average molecular weight is 171 g/mol. The van der Waals surface area contributed by atoms with Gasteiger partial charge >= 0.3 is 6.15 Å². The second-order valence-electron chi connectivity index (χ2n) is 3.95. The number of hydrogen-bond donors (Lipinski definition) is 0. The van der Waals surface area contributed by atoms with Crippen molar-refractivity contribution in [1.82, 2.24) is 4.90 Å². The topological polar surface area (TPSA) is 37.4 Å². The first-order chi connectivity index (χ1) is 5.52. The molecule has 0 aliphatic carbocycles. The Morgan fingerprint density at radius 3 is 1.58 bits per heavy atom. The summed E-state index contributed by atoms with van der Waals surface area (Å²) in [4.78, 5) is 18.8. The van der Waals surface area contributed by atoms with Crippen molar-refractivity contribution in [3.8, 4) is 0 Å². The normalized spacial score (nSPS) is 17.9. The summed E-state index contributed by atoms with van der Waals surface area (Å²) in [6.07, 6.45) is 3.05. The molecule has 70 valence electrons. The molecule has 3 nitrogen and oxygen atoms in total.